The first-order valence-corrected chi connectivity index (χ1v) is 8.10. The van der Waals surface area contributed by atoms with Crippen molar-refractivity contribution in [3.63, 3.8) is 0 Å². The van der Waals surface area contributed by atoms with Crippen LogP contribution in [0.1, 0.15) is 37.1 Å². The van der Waals surface area contributed by atoms with E-state index in [1.54, 1.807) is 6.20 Å². The molecule has 1 fully saturated rings. The zero-order valence-electron chi connectivity index (χ0n) is 13.4. The van der Waals surface area contributed by atoms with Gasteiger partial charge in [0.15, 0.2) is 0 Å². The first-order valence-electron chi connectivity index (χ1n) is 8.10. The molecule has 0 radical (unpaired) electrons. The molecule has 2 heterocycles. The minimum Gasteiger partial charge on any atom is -0.372 e. The van der Waals surface area contributed by atoms with Crippen molar-refractivity contribution in [1.29, 1.82) is 0 Å². The predicted octanol–water partition coefficient (Wildman–Crippen LogP) is 2.57. The number of aromatic nitrogens is 2. The van der Waals surface area contributed by atoms with E-state index in [1.165, 1.54) is 18.5 Å². The molecule has 2 aromatic rings. The van der Waals surface area contributed by atoms with Gasteiger partial charge in [0, 0.05) is 25.0 Å². The molecule has 0 bridgehead atoms. The van der Waals surface area contributed by atoms with Crippen LogP contribution in [0.4, 0.5) is 10.5 Å². The van der Waals surface area contributed by atoms with Gasteiger partial charge in [0.2, 0.25) is 0 Å². The van der Waals surface area contributed by atoms with E-state index in [0.29, 0.717) is 6.54 Å². The Bertz CT molecular complexity index is 634. The smallest absolute Gasteiger partial charge is 0.315 e. The highest BCUT2D eigenvalue weighted by Gasteiger charge is 2.14. The van der Waals surface area contributed by atoms with Crippen LogP contribution in [-0.4, -0.2) is 29.3 Å². The molecule has 1 aromatic heterocycles. The fourth-order valence-electron chi connectivity index (χ4n) is 2.86. The number of H-pyrrole nitrogens is 1. The van der Waals surface area contributed by atoms with Crippen LogP contribution in [0.2, 0.25) is 0 Å². The second kappa shape index (κ2) is 7.17. The minimum absolute atomic E-state index is 0.0423. The molecule has 1 atom stereocenters. The fourth-order valence-corrected chi connectivity index (χ4v) is 2.86. The Morgan fingerprint density at radius 1 is 1.35 bits per heavy atom. The maximum atomic E-state index is 12.0. The Kier molecular flexibility index (Phi) is 4.80. The highest BCUT2D eigenvalue weighted by atomic mass is 16.2. The first kappa shape index (κ1) is 15.4. The largest absolute Gasteiger partial charge is 0.372 e. The van der Waals surface area contributed by atoms with Gasteiger partial charge in [0.05, 0.1) is 18.3 Å². The number of carbonyl (C=O) groups is 1. The van der Waals surface area contributed by atoms with E-state index in [9.17, 15) is 4.79 Å². The molecule has 6 heteroatoms. The van der Waals surface area contributed by atoms with Crippen LogP contribution in [0.5, 0.6) is 0 Å². The Hall–Kier alpha value is -2.50. The maximum absolute atomic E-state index is 12.0. The topological polar surface area (TPSA) is 73.0 Å². The normalized spacial score (nSPS) is 15.4. The molecule has 0 spiro atoms. The van der Waals surface area contributed by atoms with Crippen LogP contribution in [0.15, 0.2) is 36.5 Å². The van der Waals surface area contributed by atoms with E-state index in [0.717, 1.165) is 24.3 Å². The molecular formula is C17H23N5O. The summed E-state index contributed by atoms with van der Waals surface area (Å²) < 4.78 is 0. The zero-order valence-corrected chi connectivity index (χ0v) is 13.4. The minimum atomic E-state index is -0.182. The summed E-state index contributed by atoms with van der Waals surface area (Å²) in [5, 5.41) is 12.5. The van der Waals surface area contributed by atoms with Crippen molar-refractivity contribution in [1.82, 2.24) is 20.8 Å². The zero-order chi connectivity index (χ0) is 16.1. The van der Waals surface area contributed by atoms with Crippen molar-refractivity contribution >= 4 is 11.7 Å². The monoisotopic (exact) mass is 313 g/mol. The molecule has 1 saturated heterocycles. The lowest BCUT2D eigenvalue weighted by Crippen LogP contribution is -2.36. The molecule has 1 aliphatic heterocycles. The Balaban J connectivity index is 1.55. The van der Waals surface area contributed by atoms with Crippen LogP contribution >= 0.6 is 0 Å². The van der Waals surface area contributed by atoms with E-state index < -0.39 is 0 Å². The summed E-state index contributed by atoms with van der Waals surface area (Å²) in [4.78, 5) is 14.4. The number of urea groups is 1. The standard InChI is InChI=1S/C17H23N5O/c1-13(20-17(23)18-12-15-7-8-19-21-15)14-5-4-6-16(11-14)22-9-2-3-10-22/h4-8,11,13H,2-3,9-10,12H2,1H3,(H,19,21)(H2,18,20,23)/t13-/m0/s1. The maximum Gasteiger partial charge on any atom is 0.315 e. The summed E-state index contributed by atoms with van der Waals surface area (Å²) in [7, 11) is 0. The SMILES string of the molecule is C[C@H](NC(=O)NCc1ccn[nH]1)c1cccc(N2CCCC2)c1. The Labute approximate surface area is 136 Å². The van der Waals surface area contributed by atoms with Gasteiger partial charge in [-0.1, -0.05) is 12.1 Å². The molecule has 122 valence electrons. The van der Waals surface area contributed by atoms with Gasteiger partial charge in [0.1, 0.15) is 0 Å². The average molecular weight is 313 g/mol. The van der Waals surface area contributed by atoms with Gasteiger partial charge in [-0.15, -0.1) is 0 Å². The number of rotatable bonds is 5. The van der Waals surface area contributed by atoms with Crippen molar-refractivity contribution in [2.24, 2.45) is 0 Å². The van der Waals surface area contributed by atoms with Crippen molar-refractivity contribution in [2.75, 3.05) is 18.0 Å². The van der Waals surface area contributed by atoms with Gasteiger partial charge < -0.3 is 15.5 Å². The number of nitrogens with zero attached hydrogens (tertiary/aromatic N) is 2. The summed E-state index contributed by atoms with van der Waals surface area (Å²) in [5.41, 5.74) is 3.24. The van der Waals surface area contributed by atoms with Gasteiger partial charge >= 0.3 is 6.03 Å². The molecule has 1 aliphatic rings. The third-order valence-electron chi connectivity index (χ3n) is 4.19. The number of benzene rings is 1. The number of anilines is 1. The summed E-state index contributed by atoms with van der Waals surface area (Å²) >= 11 is 0. The molecule has 3 N–H and O–H groups in total. The van der Waals surface area contributed by atoms with Crippen molar-refractivity contribution < 1.29 is 4.79 Å². The van der Waals surface area contributed by atoms with E-state index in [-0.39, 0.29) is 12.1 Å². The van der Waals surface area contributed by atoms with Crippen molar-refractivity contribution in [2.45, 2.75) is 32.4 Å². The predicted molar refractivity (Wildman–Crippen MR) is 90.3 cm³/mol. The third-order valence-corrected chi connectivity index (χ3v) is 4.19. The molecule has 3 rings (SSSR count). The van der Waals surface area contributed by atoms with Crippen LogP contribution in [0.25, 0.3) is 0 Å². The van der Waals surface area contributed by atoms with Gasteiger partial charge in [-0.2, -0.15) is 5.10 Å². The second-order valence-corrected chi connectivity index (χ2v) is 5.92. The van der Waals surface area contributed by atoms with E-state index in [2.05, 4.69) is 50.0 Å². The van der Waals surface area contributed by atoms with Crippen LogP contribution in [-0.2, 0) is 6.54 Å². The highest BCUT2D eigenvalue weighted by Crippen LogP contribution is 2.23. The molecule has 23 heavy (non-hydrogen) atoms. The Morgan fingerprint density at radius 3 is 2.91 bits per heavy atom. The molecule has 0 saturated carbocycles. The van der Waals surface area contributed by atoms with Crippen molar-refractivity contribution in [3.05, 3.63) is 47.8 Å². The second-order valence-electron chi connectivity index (χ2n) is 5.92. The lowest BCUT2D eigenvalue weighted by atomic mass is 10.1. The van der Waals surface area contributed by atoms with E-state index in [1.807, 2.05) is 13.0 Å². The van der Waals surface area contributed by atoms with Gasteiger partial charge in [-0.25, -0.2) is 4.79 Å². The summed E-state index contributed by atoms with van der Waals surface area (Å²) in [6, 6.07) is 10.0. The van der Waals surface area contributed by atoms with Gasteiger partial charge in [0.25, 0.3) is 0 Å². The number of hydrogen-bond acceptors (Lipinski definition) is 3. The lowest BCUT2D eigenvalue weighted by molar-refractivity contribution is 0.237. The van der Waals surface area contributed by atoms with E-state index >= 15 is 0 Å². The van der Waals surface area contributed by atoms with Crippen molar-refractivity contribution in [3.8, 4) is 0 Å². The highest BCUT2D eigenvalue weighted by molar-refractivity contribution is 5.74. The first-order chi connectivity index (χ1) is 11.2. The van der Waals surface area contributed by atoms with Crippen LogP contribution < -0.4 is 15.5 Å². The number of aromatic amines is 1. The summed E-state index contributed by atoms with van der Waals surface area (Å²) in [6.07, 6.45) is 4.18. The number of amides is 2. The lowest BCUT2D eigenvalue weighted by Gasteiger charge is -2.20. The molecule has 6 nitrogen and oxygen atoms in total. The fraction of sp³-hybridized carbons (Fsp3) is 0.412. The molecule has 2 amide bonds. The molecule has 0 aliphatic carbocycles. The molecule has 0 unspecified atom stereocenters. The molecular weight excluding hydrogens is 290 g/mol. The number of hydrogen-bond donors (Lipinski definition) is 3. The summed E-state index contributed by atoms with van der Waals surface area (Å²) in [5.74, 6) is 0. The quantitative estimate of drug-likeness (QED) is 0.794. The van der Waals surface area contributed by atoms with Crippen LogP contribution in [0.3, 0.4) is 0 Å². The van der Waals surface area contributed by atoms with E-state index in [4.69, 9.17) is 0 Å². The number of carbonyl (C=O) groups excluding carboxylic acids is 1. The average Bonchev–Trinajstić information content (AvgIpc) is 3.26. The third kappa shape index (κ3) is 4.03. The van der Waals surface area contributed by atoms with Crippen LogP contribution in [0, 0.1) is 0 Å². The van der Waals surface area contributed by atoms with Gasteiger partial charge in [-0.05, 0) is 43.5 Å². The van der Waals surface area contributed by atoms with Gasteiger partial charge in [-0.3, -0.25) is 5.10 Å². The summed E-state index contributed by atoms with van der Waals surface area (Å²) in [6.45, 7) is 4.68. The number of nitrogens with one attached hydrogen (secondary N) is 3. The Morgan fingerprint density at radius 2 is 2.17 bits per heavy atom. The molecule has 1 aromatic carbocycles.